The predicted molar refractivity (Wildman–Crippen MR) is 114 cm³/mol. The molecule has 0 spiro atoms. The van der Waals surface area contributed by atoms with Gasteiger partial charge in [-0.2, -0.15) is 15.4 Å². The van der Waals surface area contributed by atoms with Gasteiger partial charge in [-0.25, -0.2) is 9.38 Å². The molecule has 4 rings (SSSR count). The van der Waals surface area contributed by atoms with Gasteiger partial charge in [0.25, 0.3) is 17.8 Å². The number of allylic oxidation sites excluding steroid dienone is 2. The molecule has 3 aliphatic heterocycles. The Balaban J connectivity index is 1.46. The van der Waals surface area contributed by atoms with Gasteiger partial charge in [0, 0.05) is 25.6 Å². The molecule has 3 heterocycles. The lowest BCUT2D eigenvalue weighted by Gasteiger charge is -2.30. The van der Waals surface area contributed by atoms with Gasteiger partial charge in [-0.15, -0.1) is 0 Å². The van der Waals surface area contributed by atoms with Crippen LogP contribution >= 0.6 is 11.6 Å². The Morgan fingerprint density at radius 3 is 2.83 bits per heavy atom. The van der Waals surface area contributed by atoms with Gasteiger partial charge < -0.3 is 9.64 Å². The number of aliphatic imine (C=N–C) groups is 2. The van der Waals surface area contributed by atoms with E-state index < -0.39 is 0 Å². The first-order valence-corrected chi connectivity index (χ1v) is 10.00. The maximum atomic E-state index is 13.4. The van der Waals surface area contributed by atoms with E-state index in [9.17, 15) is 4.39 Å². The van der Waals surface area contributed by atoms with Crippen molar-refractivity contribution in [2.75, 3.05) is 13.1 Å². The molecule has 0 saturated carbocycles. The molecule has 0 amide bonds. The Bertz CT molecular complexity index is 1010. The van der Waals surface area contributed by atoms with E-state index in [1.54, 1.807) is 11.0 Å². The summed E-state index contributed by atoms with van der Waals surface area (Å²) in [6.45, 7) is 2.78. The van der Waals surface area contributed by atoms with Crippen molar-refractivity contribution >= 4 is 40.9 Å². The van der Waals surface area contributed by atoms with Gasteiger partial charge >= 0.3 is 0 Å². The molecule has 1 atom stereocenters. The zero-order chi connectivity index (χ0) is 21.3. The number of hydrogen-bond acceptors (Lipinski definition) is 4. The number of piperidine rings is 1. The van der Waals surface area contributed by atoms with Crippen LogP contribution < -0.4 is 10.4 Å². The van der Waals surface area contributed by atoms with Crippen molar-refractivity contribution in [1.82, 2.24) is 10.3 Å². The third kappa shape index (κ3) is 4.27. The number of rotatable bonds is 2. The van der Waals surface area contributed by atoms with Crippen LogP contribution in [0.2, 0.25) is 5.02 Å². The van der Waals surface area contributed by atoms with Crippen molar-refractivity contribution in [3.8, 4) is 0 Å². The zero-order valence-electron chi connectivity index (χ0n) is 16.4. The number of ether oxygens (including phenoxy) is 1. The molecule has 3 aliphatic rings. The van der Waals surface area contributed by atoms with Gasteiger partial charge in [-0.05, 0) is 43.2 Å². The van der Waals surface area contributed by atoms with E-state index in [-0.39, 0.29) is 23.8 Å². The molecule has 30 heavy (non-hydrogen) atoms. The van der Waals surface area contributed by atoms with Crippen molar-refractivity contribution < 1.29 is 14.1 Å². The topological polar surface area (TPSA) is 101 Å². The molecular weight excluding hydrogens is 409 g/mol. The molecule has 1 saturated heterocycles. The first kappa shape index (κ1) is 20.2. The van der Waals surface area contributed by atoms with Crippen LogP contribution in [0, 0.1) is 16.6 Å². The Morgan fingerprint density at radius 1 is 1.37 bits per heavy atom. The maximum absolute atomic E-state index is 13.4. The largest absolute Gasteiger partial charge is 0.412 e. The highest BCUT2D eigenvalue weighted by Gasteiger charge is 2.33. The van der Waals surface area contributed by atoms with E-state index in [1.807, 2.05) is 18.4 Å². The van der Waals surface area contributed by atoms with Gasteiger partial charge in [0.1, 0.15) is 12.0 Å². The molecule has 0 bridgehead atoms. The molecule has 156 valence electrons. The summed E-state index contributed by atoms with van der Waals surface area (Å²) in [6.07, 6.45) is 7.24. The minimum Gasteiger partial charge on any atom is -0.412 e. The Kier molecular flexibility index (Phi) is 5.65. The Labute approximate surface area is 178 Å². The molecule has 4 N–H and O–H groups in total. The fourth-order valence-corrected chi connectivity index (χ4v) is 3.86. The van der Waals surface area contributed by atoms with Gasteiger partial charge in [-0.3, -0.25) is 10.8 Å². The second-order valence-corrected chi connectivity index (χ2v) is 7.60. The van der Waals surface area contributed by atoms with Crippen molar-refractivity contribution in [1.29, 1.82) is 10.8 Å². The third-order valence-corrected chi connectivity index (χ3v) is 5.34. The molecule has 0 aliphatic carbocycles. The van der Waals surface area contributed by atoms with E-state index in [0.29, 0.717) is 24.1 Å². The number of quaternary nitrogens is 1. The van der Waals surface area contributed by atoms with Gasteiger partial charge in [0.05, 0.1) is 16.6 Å². The molecule has 0 radical (unpaired) electrons. The third-order valence-electron chi connectivity index (χ3n) is 5.03. The van der Waals surface area contributed by atoms with E-state index in [2.05, 4.69) is 10.4 Å². The smallest absolute Gasteiger partial charge is 0.291 e. The Hall–Kier alpha value is -3.04. The summed E-state index contributed by atoms with van der Waals surface area (Å²) in [5.74, 6) is 0.898. The number of benzene rings is 1. The van der Waals surface area contributed by atoms with Gasteiger partial charge in [0.15, 0.2) is 5.90 Å². The minimum atomic E-state index is -0.380. The molecular formula is C20H22ClFN7O+. The number of guanidine groups is 1. The van der Waals surface area contributed by atoms with Crippen LogP contribution in [0.25, 0.3) is 5.57 Å². The molecule has 8 nitrogen and oxygen atoms in total. The van der Waals surface area contributed by atoms with E-state index in [4.69, 9.17) is 32.1 Å². The summed E-state index contributed by atoms with van der Waals surface area (Å²) in [4.78, 5) is 11.2. The van der Waals surface area contributed by atoms with Crippen LogP contribution in [-0.4, -0.2) is 47.7 Å². The SMILES string of the molecule is CC(=N)OC(=N)N1CCC(N=C2N=C3C(c4ccc(F)cc4Cl)=CC=C[NH+]3N2)CC1. The van der Waals surface area contributed by atoms with Gasteiger partial charge in [0.2, 0.25) is 0 Å². The highest BCUT2D eigenvalue weighted by atomic mass is 35.5. The average Bonchev–Trinajstić information content (AvgIpc) is 3.11. The number of nitrogens with one attached hydrogen (secondary N) is 4. The minimum absolute atomic E-state index is 0.00510. The summed E-state index contributed by atoms with van der Waals surface area (Å²) in [5, 5.41) is 16.4. The fourth-order valence-electron chi connectivity index (χ4n) is 3.59. The standard InChI is InChI=1S/C20H21ClFN7O/c1-12(23)30-19(24)28-9-6-14(7-10-28)25-20-26-18-16(3-2-8-29(18)27-20)15-5-4-13(22)11-17(15)21/h2-5,8,11,14,23-24H,6-7,9-10H2,1H3,(H,25,27)/p+1. The van der Waals surface area contributed by atoms with Gasteiger partial charge in [-0.1, -0.05) is 11.6 Å². The number of halogens is 2. The molecule has 1 aromatic rings. The van der Waals surface area contributed by atoms with Crippen molar-refractivity contribution in [2.24, 2.45) is 9.98 Å². The first-order valence-electron chi connectivity index (χ1n) is 9.62. The van der Waals surface area contributed by atoms with Crippen LogP contribution in [0.1, 0.15) is 25.3 Å². The quantitative estimate of drug-likeness (QED) is 0.426. The van der Waals surface area contributed by atoms with Crippen molar-refractivity contribution in [2.45, 2.75) is 25.8 Å². The van der Waals surface area contributed by atoms with Crippen LogP contribution in [0.5, 0.6) is 0 Å². The molecule has 1 unspecified atom stereocenters. The lowest BCUT2D eigenvalue weighted by molar-refractivity contribution is -0.781. The van der Waals surface area contributed by atoms with Crippen molar-refractivity contribution in [3.05, 3.63) is 53.0 Å². The zero-order valence-corrected chi connectivity index (χ0v) is 17.1. The second-order valence-electron chi connectivity index (χ2n) is 7.20. The highest BCUT2D eigenvalue weighted by Crippen LogP contribution is 2.26. The maximum Gasteiger partial charge on any atom is 0.291 e. The summed E-state index contributed by atoms with van der Waals surface area (Å²) in [7, 11) is 0. The predicted octanol–water partition coefficient (Wildman–Crippen LogP) is 1.96. The Morgan fingerprint density at radius 2 is 2.13 bits per heavy atom. The van der Waals surface area contributed by atoms with Crippen LogP contribution in [-0.2, 0) is 4.74 Å². The van der Waals surface area contributed by atoms with Crippen LogP contribution in [0.3, 0.4) is 0 Å². The number of fused-ring (bicyclic) bond motifs is 1. The first-order chi connectivity index (χ1) is 14.4. The average molecular weight is 431 g/mol. The van der Waals surface area contributed by atoms with E-state index in [1.165, 1.54) is 19.1 Å². The van der Waals surface area contributed by atoms with E-state index in [0.717, 1.165) is 34.8 Å². The van der Waals surface area contributed by atoms with E-state index >= 15 is 0 Å². The number of amidine groups is 2. The normalized spacial score (nSPS) is 22.3. The summed E-state index contributed by atoms with van der Waals surface area (Å²) in [6, 6.07) is 4.41. The highest BCUT2D eigenvalue weighted by molar-refractivity contribution is 6.35. The monoisotopic (exact) mass is 430 g/mol. The molecule has 10 heteroatoms. The molecule has 1 aromatic carbocycles. The summed E-state index contributed by atoms with van der Waals surface area (Å²) >= 11 is 6.25. The number of nitrogens with zero attached hydrogens (tertiary/aromatic N) is 3. The lowest BCUT2D eigenvalue weighted by Crippen LogP contribution is -3.15. The second kappa shape index (κ2) is 8.37. The van der Waals surface area contributed by atoms with Crippen LogP contribution in [0.4, 0.5) is 4.39 Å². The number of hydrogen-bond donors (Lipinski definition) is 4. The summed E-state index contributed by atoms with van der Waals surface area (Å²) < 4.78 is 18.5. The van der Waals surface area contributed by atoms with Crippen molar-refractivity contribution in [3.63, 3.8) is 0 Å². The summed E-state index contributed by atoms with van der Waals surface area (Å²) in [5.41, 5.74) is 4.78. The number of likely N-dealkylation sites (tertiary alicyclic amines) is 1. The fraction of sp³-hybridized carbons (Fsp3) is 0.300. The lowest BCUT2D eigenvalue weighted by atomic mass is 10.0. The molecule has 0 aromatic heterocycles. The molecule has 1 fully saturated rings. The van der Waals surface area contributed by atoms with Crippen LogP contribution in [0.15, 0.2) is 46.5 Å².